The number of aromatic nitrogens is 1. The summed E-state index contributed by atoms with van der Waals surface area (Å²) in [6.07, 6.45) is 8.80. The summed E-state index contributed by atoms with van der Waals surface area (Å²) in [6, 6.07) is 11.2. The molecule has 2 aromatic carbocycles. The Bertz CT molecular complexity index is 1630. The fourth-order valence-corrected chi connectivity index (χ4v) is 6.52. The van der Waals surface area contributed by atoms with E-state index in [0.29, 0.717) is 29.0 Å². The number of pyridine rings is 1. The minimum absolute atomic E-state index is 0.0406. The van der Waals surface area contributed by atoms with Gasteiger partial charge in [0.25, 0.3) is 12.3 Å². The molecule has 2 atom stereocenters. The number of allylic oxidation sites excluding steroid dienone is 6. The highest BCUT2D eigenvalue weighted by molar-refractivity contribution is 6.08. The number of halogens is 3. The lowest BCUT2D eigenvalue weighted by Crippen LogP contribution is -2.43. The van der Waals surface area contributed by atoms with E-state index in [-0.39, 0.29) is 30.0 Å². The number of rotatable bonds is 11. The smallest absolute Gasteiger partial charge is 0.263 e. The Balaban J connectivity index is 1.52. The third kappa shape index (κ3) is 7.50. The van der Waals surface area contributed by atoms with Crippen molar-refractivity contribution in [3.05, 3.63) is 100 Å². The SMILES string of the molecule is C/C=C1/C=CC(c2ccc3nc(NCc4cc(F)cc(C(F)F)c4)cc(C(=O)N4CCCC4CN(CC)CCC)c3c2)=CC1C. The highest BCUT2D eigenvalue weighted by Gasteiger charge is 2.32. The molecule has 0 spiro atoms. The Morgan fingerprint density at radius 1 is 1.16 bits per heavy atom. The maximum Gasteiger partial charge on any atom is 0.263 e. The average molecular weight is 617 g/mol. The second kappa shape index (κ2) is 14.5. The predicted molar refractivity (Wildman–Crippen MR) is 177 cm³/mol. The van der Waals surface area contributed by atoms with E-state index in [1.165, 1.54) is 17.7 Å². The van der Waals surface area contributed by atoms with Gasteiger partial charge in [0.2, 0.25) is 0 Å². The monoisotopic (exact) mass is 616 g/mol. The van der Waals surface area contributed by atoms with E-state index < -0.39 is 12.2 Å². The molecular formula is C37H43F3N4O. The van der Waals surface area contributed by atoms with Crippen LogP contribution in [0.1, 0.15) is 80.4 Å². The van der Waals surface area contributed by atoms with Gasteiger partial charge in [-0.3, -0.25) is 4.79 Å². The average Bonchev–Trinajstić information content (AvgIpc) is 3.50. The van der Waals surface area contributed by atoms with Crippen molar-refractivity contribution in [3.63, 3.8) is 0 Å². The highest BCUT2D eigenvalue weighted by Crippen LogP contribution is 2.33. The fourth-order valence-electron chi connectivity index (χ4n) is 6.52. The van der Waals surface area contributed by atoms with Gasteiger partial charge < -0.3 is 15.1 Å². The molecule has 1 amide bonds. The molecule has 0 saturated carbocycles. The summed E-state index contributed by atoms with van der Waals surface area (Å²) in [5.41, 5.74) is 4.56. The van der Waals surface area contributed by atoms with Crippen LogP contribution < -0.4 is 5.32 Å². The summed E-state index contributed by atoms with van der Waals surface area (Å²) in [5.74, 6) is -0.0480. The number of amides is 1. The lowest BCUT2D eigenvalue weighted by atomic mass is 9.89. The first-order chi connectivity index (χ1) is 21.7. The zero-order valence-electron chi connectivity index (χ0n) is 26.6. The van der Waals surface area contributed by atoms with Crippen LogP contribution in [0.25, 0.3) is 16.5 Å². The Kier molecular flexibility index (Phi) is 10.4. The van der Waals surface area contributed by atoms with E-state index >= 15 is 0 Å². The number of hydrogen-bond acceptors (Lipinski definition) is 4. The minimum Gasteiger partial charge on any atom is -0.366 e. The molecule has 45 heavy (non-hydrogen) atoms. The molecule has 5 rings (SSSR count). The number of nitrogens with zero attached hydrogens (tertiary/aromatic N) is 3. The maximum absolute atomic E-state index is 14.4. The molecule has 1 N–H and O–H groups in total. The van der Waals surface area contributed by atoms with Gasteiger partial charge >= 0.3 is 0 Å². The molecule has 1 aromatic heterocycles. The van der Waals surface area contributed by atoms with Gasteiger partial charge in [-0.05, 0) is 104 Å². The van der Waals surface area contributed by atoms with Crippen molar-refractivity contribution >= 4 is 28.2 Å². The number of carbonyl (C=O) groups is 1. The van der Waals surface area contributed by atoms with Crippen molar-refractivity contribution in [3.8, 4) is 0 Å². The van der Waals surface area contributed by atoms with Crippen molar-refractivity contribution in [1.29, 1.82) is 0 Å². The van der Waals surface area contributed by atoms with Gasteiger partial charge in [0, 0.05) is 36.6 Å². The number of hydrogen-bond donors (Lipinski definition) is 1. The summed E-state index contributed by atoms with van der Waals surface area (Å²) in [6.45, 7) is 12.1. The van der Waals surface area contributed by atoms with Crippen LogP contribution in [0.4, 0.5) is 19.0 Å². The molecule has 1 fully saturated rings. The van der Waals surface area contributed by atoms with Crippen LogP contribution in [0.3, 0.4) is 0 Å². The molecule has 1 aliphatic heterocycles. The Morgan fingerprint density at radius 3 is 2.69 bits per heavy atom. The van der Waals surface area contributed by atoms with E-state index in [9.17, 15) is 18.0 Å². The van der Waals surface area contributed by atoms with Crippen LogP contribution >= 0.6 is 0 Å². The maximum atomic E-state index is 14.4. The predicted octanol–water partition coefficient (Wildman–Crippen LogP) is 8.80. The summed E-state index contributed by atoms with van der Waals surface area (Å²) in [7, 11) is 0. The van der Waals surface area contributed by atoms with Crippen LogP contribution in [0.5, 0.6) is 0 Å². The third-order valence-electron chi connectivity index (χ3n) is 8.92. The van der Waals surface area contributed by atoms with Gasteiger partial charge in [-0.1, -0.05) is 51.1 Å². The van der Waals surface area contributed by atoms with Gasteiger partial charge in [-0.25, -0.2) is 18.2 Å². The van der Waals surface area contributed by atoms with Gasteiger partial charge in [0.05, 0.1) is 11.1 Å². The number of anilines is 1. The fraction of sp³-hybridized carbons (Fsp3) is 0.405. The Hall–Kier alpha value is -3.91. The molecule has 1 saturated heterocycles. The van der Waals surface area contributed by atoms with Crippen molar-refractivity contribution in [2.24, 2.45) is 5.92 Å². The van der Waals surface area contributed by atoms with E-state index in [1.807, 2.05) is 30.0 Å². The number of benzene rings is 2. The zero-order valence-corrected chi connectivity index (χ0v) is 26.6. The van der Waals surface area contributed by atoms with Crippen LogP contribution in [-0.4, -0.2) is 52.9 Å². The lowest BCUT2D eigenvalue weighted by Gasteiger charge is -2.30. The number of carbonyl (C=O) groups excluding carboxylic acids is 1. The van der Waals surface area contributed by atoms with Crippen LogP contribution in [0, 0.1) is 11.7 Å². The molecule has 0 bridgehead atoms. The van der Waals surface area contributed by atoms with Gasteiger partial charge in [0.15, 0.2) is 0 Å². The van der Waals surface area contributed by atoms with Crippen LogP contribution in [0.2, 0.25) is 0 Å². The zero-order chi connectivity index (χ0) is 32.1. The number of likely N-dealkylation sites (N-methyl/N-ethyl adjacent to an activating group) is 1. The van der Waals surface area contributed by atoms with Gasteiger partial charge in [-0.15, -0.1) is 0 Å². The first-order valence-corrected chi connectivity index (χ1v) is 16.1. The van der Waals surface area contributed by atoms with Crippen molar-refractivity contribution < 1.29 is 18.0 Å². The molecular weight excluding hydrogens is 573 g/mol. The Morgan fingerprint density at radius 2 is 1.98 bits per heavy atom. The molecule has 0 radical (unpaired) electrons. The number of alkyl halides is 2. The number of fused-ring (bicyclic) bond motifs is 1. The van der Waals surface area contributed by atoms with Crippen LogP contribution in [0.15, 0.2) is 72.3 Å². The van der Waals surface area contributed by atoms with Crippen LogP contribution in [-0.2, 0) is 6.54 Å². The summed E-state index contributed by atoms with van der Waals surface area (Å²) >= 11 is 0. The molecule has 238 valence electrons. The van der Waals surface area contributed by atoms with Gasteiger partial charge in [0.1, 0.15) is 11.6 Å². The second-order valence-electron chi connectivity index (χ2n) is 12.1. The Labute approximate surface area is 264 Å². The van der Waals surface area contributed by atoms with Crippen molar-refractivity contribution in [2.75, 3.05) is 31.5 Å². The standard InChI is InChI=1S/C37H43F3N4O/c1-5-14-43(7-3)23-31-9-8-15-44(31)37(45)33-21-35(41-22-25-17-29(36(39)40)19-30(38)18-25)42-34-13-12-28(20-32(33)34)27-11-10-26(6-2)24(4)16-27/h6,10-13,16-21,24,31,36H,5,7-9,14-15,22-23H2,1-4H3,(H,41,42)/b26-6-. The quantitative estimate of drug-likeness (QED) is 0.234. The first-order valence-electron chi connectivity index (χ1n) is 16.1. The summed E-state index contributed by atoms with van der Waals surface area (Å²) in [5, 5.41) is 3.93. The largest absolute Gasteiger partial charge is 0.366 e. The van der Waals surface area contributed by atoms with Crippen molar-refractivity contribution in [2.45, 2.75) is 66.0 Å². The molecule has 2 heterocycles. The molecule has 3 aromatic rings. The highest BCUT2D eigenvalue weighted by atomic mass is 19.3. The van der Waals surface area contributed by atoms with E-state index in [4.69, 9.17) is 4.98 Å². The van der Waals surface area contributed by atoms with Gasteiger partial charge in [-0.2, -0.15) is 0 Å². The molecule has 2 aliphatic rings. The van der Waals surface area contributed by atoms with E-state index in [0.717, 1.165) is 61.5 Å². The number of nitrogens with one attached hydrogen (secondary N) is 1. The topological polar surface area (TPSA) is 48.5 Å². The minimum atomic E-state index is -2.77. The molecule has 5 nitrogen and oxygen atoms in total. The molecule has 1 aliphatic carbocycles. The third-order valence-corrected chi connectivity index (χ3v) is 8.92. The van der Waals surface area contributed by atoms with E-state index in [2.05, 4.69) is 55.3 Å². The molecule has 8 heteroatoms. The van der Waals surface area contributed by atoms with E-state index in [1.54, 1.807) is 6.07 Å². The molecule has 2 unspecified atom stereocenters. The normalized spacial score (nSPS) is 19.3. The first kappa shape index (κ1) is 32.5. The second-order valence-corrected chi connectivity index (χ2v) is 12.1. The number of likely N-dealkylation sites (tertiary alicyclic amines) is 1. The lowest BCUT2D eigenvalue weighted by molar-refractivity contribution is 0.0703. The summed E-state index contributed by atoms with van der Waals surface area (Å²) in [4.78, 5) is 23.6. The summed E-state index contributed by atoms with van der Waals surface area (Å²) < 4.78 is 40.7. The van der Waals surface area contributed by atoms with Crippen molar-refractivity contribution in [1.82, 2.24) is 14.8 Å².